The first-order valence-electron chi connectivity index (χ1n) is 19.6. The highest BCUT2D eigenvalue weighted by Crippen LogP contribution is 2.17. The van der Waals surface area contributed by atoms with Crippen molar-refractivity contribution in [3.8, 4) is 0 Å². The van der Waals surface area contributed by atoms with Crippen LogP contribution in [0.4, 0.5) is 9.59 Å². The van der Waals surface area contributed by atoms with Crippen LogP contribution in [0.3, 0.4) is 0 Å². The van der Waals surface area contributed by atoms with Crippen LogP contribution in [0.25, 0.3) is 0 Å². The molecule has 2 unspecified atom stereocenters. The number of urea groups is 2. The zero-order chi connectivity index (χ0) is 42.2. The molecule has 4 rings (SSSR count). The van der Waals surface area contributed by atoms with Gasteiger partial charge in [0, 0.05) is 39.2 Å². The molecule has 0 aliphatic rings. The van der Waals surface area contributed by atoms with Crippen LogP contribution in [0.5, 0.6) is 0 Å². The Balaban J connectivity index is 1.56. The highest BCUT2D eigenvalue weighted by Gasteiger charge is 2.38. The number of aromatic nitrogens is 2. The molecule has 14 heteroatoms. The first-order valence-corrected chi connectivity index (χ1v) is 19.6. The lowest BCUT2D eigenvalue weighted by Crippen LogP contribution is -2.62. The van der Waals surface area contributed by atoms with E-state index >= 15 is 0 Å². The van der Waals surface area contributed by atoms with E-state index in [9.17, 15) is 29.4 Å². The molecule has 6 atom stereocenters. The Morgan fingerprint density at radius 1 is 0.569 bits per heavy atom. The van der Waals surface area contributed by atoms with Crippen LogP contribution in [-0.2, 0) is 35.5 Å². The molecule has 2 aromatic carbocycles. The minimum atomic E-state index is -1.59. The Kier molecular flexibility index (Phi) is 17.1. The summed E-state index contributed by atoms with van der Waals surface area (Å²) in [6.07, 6.45) is 2.02. The number of carbonyl (C=O) groups excluding carboxylic acids is 4. The van der Waals surface area contributed by atoms with Gasteiger partial charge >= 0.3 is 12.1 Å². The molecule has 0 bridgehead atoms. The van der Waals surface area contributed by atoms with E-state index in [4.69, 9.17) is 0 Å². The van der Waals surface area contributed by atoms with Crippen molar-refractivity contribution in [1.29, 1.82) is 0 Å². The first kappa shape index (κ1) is 44.8. The van der Waals surface area contributed by atoms with Gasteiger partial charge in [0.15, 0.2) is 0 Å². The molecule has 4 aromatic rings. The van der Waals surface area contributed by atoms with Crippen molar-refractivity contribution in [3.63, 3.8) is 0 Å². The normalized spacial score (nSPS) is 14.3. The lowest BCUT2D eigenvalue weighted by Gasteiger charge is -2.35. The van der Waals surface area contributed by atoms with Gasteiger partial charge in [-0.1, -0.05) is 100 Å². The fourth-order valence-electron chi connectivity index (χ4n) is 6.47. The summed E-state index contributed by atoms with van der Waals surface area (Å²) in [5.41, 5.74) is 3.05. The van der Waals surface area contributed by atoms with Gasteiger partial charge in [0.05, 0.1) is 24.3 Å². The summed E-state index contributed by atoms with van der Waals surface area (Å²) in [5, 5.41) is 35.5. The zero-order valence-corrected chi connectivity index (χ0v) is 34.2. The molecule has 310 valence electrons. The van der Waals surface area contributed by atoms with Gasteiger partial charge in [-0.3, -0.25) is 19.6 Å². The topological polar surface area (TPSA) is 189 Å². The highest BCUT2D eigenvalue weighted by molar-refractivity contribution is 5.88. The zero-order valence-electron chi connectivity index (χ0n) is 34.2. The number of hydrogen-bond acceptors (Lipinski definition) is 8. The number of aliphatic hydroxyl groups excluding tert-OH is 2. The summed E-state index contributed by atoms with van der Waals surface area (Å²) in [4.78, 5) is 65.9. The third kappa shape index (κ3) is 13.7. The van der Waals surface area contributed by atoms with Gasteiger partial charge in [0.1, 0.15) is 24.3 Å². The van der Waals surface area contributed by atoms with E-state index < -0.39 is 60.3 Å². The molecule has 58 heavy (non-hydrogen) atoms. The minimum Gasteiger partial charge on any atom is -0.388 e. The standard InChI is InChI=1S/C44H58N8O6/c1-29(2)37(49-43(57)51(5)27-33-20-15-22-45-26-33)41(55)47-35(24-31-16-9-7-10-17-31)39(53)40(54)36(25-32-18-11-8-12-19-32)48-42(56)38(30(3)4)50-44(58)52(6)28-34-21-13-14-23-46-34/h7-23,26,29-30,35-40,53-54H,24-25,27-28H2,1-6H3,(H,47,55)(H,48,56)(H,49,57)(H,50,58)/t35-,36-,37?,38?,39-,40-/m0/s1. The number of pyridine rings is 2. The maximum atomic E-state index is 14.0. The lowest BCUT2D eigenvalue weighted by atomic mass is 9.90. The predicted octanol–water partition coefficient (Wildman–Crippen LogP) is 3.69. The Bertz CT molecular complexity index is 1730. The van der Waals surface area contributed by atoms with Crippen molar-refractivity contribution in [2.45, 2.75) is 90.0 Å². The molecule has 6 N–H and O–H groups in total. The molecule has 0 radical (unpaired) electrons. The smallest absolute Gasteiger partial charge is 0.318 e. The average molecular weight is 795 g/mol. The number of carbonyl (C=O) groups is 4. The molecular formula is C44H58N8O6. The third-order valence-electron chi connectivity index (χ3n) is 9.84. The Hall–Kier alpha value is -5.86. The van der Waals surface area contributed by atoms with Crippen LogP contribution in [0.2, 0.25) is 0 Å². The fourth-order valence-corrected chi connectivity index (χ4v) is 6.47. The maximum absolute atomic E-state index is 14.0. The third-order valence-corrected chi connectivity index (χ3v) is 9.84. The summed E-state index contributed by atoms with van der Waals surface area (Å²) in [6.45, 7) is 7.69. The number of amides is 6. The van der Waals surface area contributed by atoms with E-state index in [1.54, 1.807) is 78.6 Å². The van der Waals surface area contributed by atoms with Crippen molar-refractivity contribution in [2.75, 3.05) is 14.1 Å². The van der Waals surface area contributed by atoms with E-state index in [2.05, 4.69) is 31.2 Å². The number of nitrogens with zero attached hydrogens (tertiary/aromatic N) is 4. The van der Waals surface area contributed by atoms with E-state index in [1.165, 1.54) is 9.80 Å². The van der Waals surface area contributed by atoms with Gasteiger partial charge in [-0.2, -0.15) is 0 Å². The molecule has 2 aromatic heterocycles. The average Bonchev–Trinajstić information content (AvgIpc) is 3.21. The van der Waals surface area contributed by atoms with E-state index in [-0.39, 0.29) is 37.8 Å². The minimum absolute atomic E-state index is 0.128. The number of rotatable bonds is 19. The second-order valence-electron chi connectivity index (χ2n) is 15.3. The molecule has 6 amide bonds. The summed E-state index contributed by atoms with van der Waals surface area (Å²) in [5.74, 6) is -1.79. The van der Waals surface area contributed by atoms with Crippen molar-refractivity contribution in [1.82, 2.24) is 41.0 Å². The fraction of sp³-hybridized carbons (Fsp3) is 0.409. The maximum Gasteiger partial charge on any atom is 0.318 e. The van der Waals surface area contributed by atoms with Crippen molar-refractivity contribution >= 4 is 23.9 Å². The lowest BCUT2D eigenvalue weighted by molar-refractivity contribution is -0.129. The summed E-state index contributed by atoms with van der Waals surface area (Å²) in [6, 6.07) is 22.4. The quantitative estimate of drug-likeness (QED) is 0.0829. The van der Waals surface area contributed by atoms with Gasteiger partial charge in [-0.15, -0.1) is 0 Å². The van der Waals surface area contributed by atoms with Crippen molar-refractivity contribution < 1.29 is 29.4 Å². The Morgan fingerprint density at radius 3 is 1.43 bits per heavy atom. The molecule has 0 saturated heterocycles. The molecular weight excluding hydrogens is 737 g/mol. The van der Waals surface area contributed by atoms with Crippen LogP contribution in [0.1, 0.15) is 50.1 Å². The number of nitrogens with one attached hydrogen (secondary N) is 4. The Labute approximate surface area is 341 Å². The predicted molar refractivity (Wildman–Crippen MR) is 222 cm³/mol. The summed E-state index contributed by atoms with van der Waals surface area (Å²) in [7, 11) is 3.22. The van der Waals surface area contributed by atoms with Crippen LogP contribution in [-0.4, -0.2) is 104 Å². The van der Waals surface area contributed by atoms with Crippen LogP contribution in [0, 0.1) is 11.8 Å². The van der Waals surface area contributed by atoms with Gasteiger partial charge in [0.25, 0.3) is 0 Å². The summed E-state index contributed by atoms with van der Waals surface area (Å²) >= 11 is 0. The SMILES string of the molecule is CC(C)C(NC(=O)N(C)Cc1cccnc1)C(=O)N[C@@H](Cc1ccccc1)[C@H](O)[C@@H](O)[C@H](Cc1ccccc1)NC(=O)C(NC(=O)N(C)Cc1ccccn1)C(C)C. The van der Waals surface area contributed by atoms with Crippen LogP contribution < -0.4 is 21.3 Å². The molecule has 0 aliphatic heterocycles. The van der Waals surface area contributed by atoms with Crippen molar-refractivity contribution in [2.24, 2.45) is 11.8 Å². The monoisotopic (exact) mass is 794 g/mol. The number of hydrogen-bond donors (Lipinski definition) is 6. The Morgan fingerprint density at radius 2 is 1.02 bits per heavy atom. The number of aliphatic hydroxyl groups is 2. The molecule has 0 saturated carbocycles. The van der Waals surface area contributed by atoms with Gasteiger partial charge < -0.3 is 41.3 Å². The largest absolute Gasteiger partial charge is 0.388 e. The summed E-state index contributed by atoms with van der Waals surface area (Å²) < 4.78 is 0. The van der Waals surface area contributed by atoms with Crippen LogP contribution in [0.15, 0.2) is 110 Å². The van der Waals surface area contributed by atoms with Crippen LogP contribution >= 0.6 is 0 Å². The van der Waals surface area contributed by atoms with E-state index in [0.29, 0.717) is 5.69 Å². The van der Waals surface area contributed by atoms with E-state index in [1.807, 2.05) is 72.8 Å². The molecule has 0 spiro atoms. The second kappa shape index (κ2) is 22.2. The molecule has 0 aliphatic carbocycles. The molecule has 2 heterocycles. The second-order valence-corrected chi connectivity index (χ2v) is 15.3. The van der Waals surface area contributed by atoms with Crippen molar-refractivity contribution in [3.05, 3.63) is 132 Å². The van der Waals surface area contributed by atoms with Gasteiger partial charge in [-0.05, 0) is 59.6 Å². The number of benzene rings is 2. The molecule has 0 fully saturated rings. The molecule has 14 nitrogen and oxygen atoms in total. The van der Waals surface area contributed by atoms with Gasteiger partial charge in [-0.25, -0.2) is 9.59 Å². The highest BCUT2D eigenvalue weighted by atomic mass is 16.3. The first-order chi connectivity index (χ1) is 27.7. The van der Waals surface area contributed by atoms with Gasteiger partial charge in [0.2, 0.25) is 11.8 Å². The van der Waals surface area contributed by atoms with E-state index in [0.717, 1.165) is 16.7 Å².